The van der Waals surface area contributed by atoms with E-state index in [1.54, 1.807) is 51.1 Å². The van der Waals surface area contributed by atoms with Crippen molar-refractivity contribution in [3.05, 3.63) is 59.4 Å². The summed E-state index contributed by atoms with van der Waals surface area (Å²) in [5.41, 5.74) is 1.76. The molecule has 2 rings (SSSR count). The fourth-order valence-electron chi connectivity index (χ4n) is 2.47. The van der Waals surface area contributed by atoms with Gasteiger partial charge in [-0.25, -0.2) is 9.18 Å². The molecule has 0 bridgehead atoms. The highest BCUT2D eigenvalue weighted by Crippen LogP contribution is 2.25. The molecular weight excluding hydrogens is 309 g/mol. The molecule has 0 spiro atoms. The lowest BCUT2D eigenvalue weighted by molar-refractivity contribution is 0.0954. The van der Waals surface area contributed by atoms with E-state index in [-0.39, 0.29) is 6.54 Å². The van der Waals surface area contributed by atoms with Crippen molar-refractivity contribution in [3.8, 4) is 11.1 Å². The van der Waals surface area contributed by atoms with Gasteiger partial charge >= 0.3 is 6.09 Å². The Balaban J connectivity index is 2.41. The SMILES string of the molecule is CC(C)(C)N(Cc1cc(F)cc(-c2cccc(C=O)c2)c1)C(=O)O. The van der Waals surface area contributed by atoms with Crippen LogP contribution in [0.5, 0.6) is 0 Å². The number of hydrogen-bond acceptors (Lipinski definition) is 2. The number of carboxylic acid groups (broad SMARTS) is 1. The second-order valence-corrected chi connectivity index (χ2v) is 6.63. The van der Waals surface area contributed by atoms with Gasteiger partial charge in [-0.15, -0.1) is 0 Å². The molecule has 0 aliphatic carbocycles. The van der Waals surface area contributed by atoms with Gasteiger partial charge in [0.15, 0.2) is 0 Å². The lowest BCUT2D eigenvalue weighted by Gasteiger charge is -2.33. The summed E-state index contributed by atoms with van der Waals surface area (Å²) in [6, 6.07) is 11.3. The molecule has 5 heteroatoms. The van der Waals surface area contributed by atoms with Crippen LogP contribution >= 0.6 is 0 Å². The van der Waals surface area contributed by atoms with Crippen LogP contribution in [0.15, 0.2) is 42.5 Å². The van der Waals surface area contributed by atoms with Gasteiger partial charge in [0.2, 0.25) is 0 Å². The van der Waals surface area contributed by atoms with E-state index in [1.165, 1.54) is 17.0 Å². The summed E-state index contributed by atoms with van der Waals surface area (Å²) in [5.74, 6) is -0.446. The average Bonchev–Trinajstić information content (AvgIpc) is 2.50. The minimum Gasteiger partial charge on any atom is -0.465 e. The van der Waals surface area contributed by atoms with E-state index in [0.717, 1.165) is 6.29 Å². The molecule has 1 N–H and O–H groups in total. The number of aldehydes is 1. The van der Waals surface area contributed by atoms with Crippen molar-refractivity contribution < 1.29 is 19.1 Å². The fourth-order valence-corrected chi connectivity index (χ4v) is 2.47. The molecule has 0 fully saturated rings. The molecule has 2 aromatic carbocycles. The van der Waals surface area contributed by atoms with Gasteiger partial charge in [0, 0.05) is 17.6 Å². The Morgan fingerprint density at radius 3 is 2.46 bits per heavy atom. The van der Waals surface area contributed by atoms with Crippen LogP contribution in [0.2, 0.25) is 0 Å². The lowest BCUT2D eigenvalue weighted by Crippen LogP contribution is -2.44. The highest BCUT2D eigenvalue weighted by atomic mass is 19.1. The van der Waals surface area contributed by atoms with Crippen LogP contribution < -0.4 is 0 Å². The summed E-state index contributed by atoms with van der Waals surface area (Å²) in [4.78, 5) is 23.6. The summed E-state index contributed by atoms with van der Waals surface area (Å²) < 4.78 is 14.0. The van der Waals surface area contributed by atoms with Gasteiger partial charge in [-0.1, -0.05) is 18.2 Å². The zero-order chi connectivity index (χ0) is 17.9. The Hall–Kier alpha value is -2.69. The van der Waals surface area contributed by atoms with Gasteiger partial charge in [-0.05, 0) is 61.7 Å². The smallest absolute Gasteiger partial charge is 0.408 e. The first-order chi connectivity index (χ1) is 11.2. The maximum Gasteiger partial charge on any atom is 0.408 e. The molecule has 2 aromatic rings. The second-order valence-electron chi connectivity index (χ2n) is 6.63. The second kappa shape index (κ2) is 6.83. The van der Waals surface area contributed by atoms with E-state index < -0.39 is 17.4 Å². The minimum absolute atomic E-state index is 0.0803. The standard InChI is InChI=1S/C19H20FNO3/c1-19(2,3)21(18(23)24)11-14-8-16(10-17(20)9-14)15-6-4-5-13(7-15)12-22/h4-10,12H,11H2,1-3H3,(H,23,24). The Labute approximate surface area is 140 Å². The molecule has 4 nitrogen and oxygen atoms in total. The zero-order valence-electron chi connectivity index (χ0n) is 13.9. The van der Waals surface area contributed by atoms with Crippen LogP contribution in [0.3, 0.4) is 0 Å². The predicted octanol–water partition coefficient (Wildman–Crippen LogP) is 4.58. The molecule has 0 heterocycles. The minimum atomic E-state index is -1.06. The molecule has 0 radical (unpaired) electrons. The molecule has 24 heavy (non-hydrogen) atoms. The molecule has 0 aliphatic rings. The number of nitrogens with zero attached hydrogens (tertiary/aromatic N) is 1. The van der Waals surface area contributed by atoms with E-state index in [9.17, 15) is 19.1 Å². The lowest BCUT2D eigenvalue weighted by atomic mass is 9.99. The molecular formula is C19H20FNO3. The Kier molecular flexibility index (Phi) is 5.02. The summed E-state index contributed by atoms with van der Waals surface area (Å²) in [6.07, 6.45) is -0.327. The van der Waals surface area contributed by atoms with Crippen molar-refractivity contribution in [2.75, 3.05) is 0 Å². The summed E-state index contributed by atoms with van der Waals surface area (Å²) in [5, 5.41) is 9.39. The average molecular weight is 329 g/mol. The van der Waals surface area contributed by atoms with Gasteiger partial charge in [0.05, 0.1) is 0 Å². The molecule has 0 unspecified atom stereocenters. The Morgan fingerprint density at radius 1 is 1.17 bits per heavy atom. The third-order valence-corrected chi connectivity index (χ3v) is 3.69. The van der Waals surface area contributed by atoms with E-state index in [4.69, 9.17) is 0 Å². The van der Waals surface area contributed by atoms with Crippen molar-refractivity contribution in [1.29, 1.82) is 0 Å². The maximum absolute atomic E-state index is 14.0. The van der Waals surface area contributed by atoms with E-state index >= 15 is 0 Å². The topological polar surface area (TPSA) is 57.6 Å². The van der Waals surface area contributed by atoms with Crippen molar-refractivity contribution in [2.45, 2.75) is 32.9 Å². The van der Waals surface area contributed by atoms with Crippen molar-refractivity contribution in [1.82, 2.24) is 4.90 Å². The van der Waals surface area contributed by atoms with Gasteiger partial charge in [-0.2, -0.15) is 0 Å². The van der Waals surface area contributed by atoms with E-state index in [1.807, 2.05) is 0 Å². The monoisotopic (exact) mass is 329 g/mol. The normalized spacial score (nSPS) is 11.2. The molecule has 0 aromatic heterocycles. The number of benzene rings is 2. The van der Waals surface area contributed by atoms with Crippen LogP contribution in [0.4, 0.5) is 9.18 Å². The summed E-state index contributed by atoms with van der Waals surface area (Å²) >= 11 is 0. The van der Waals surface area contributed by atoms with Gasteiger partial charge in [0.25, 0.3) is 0 Å². The van der Waals surface area contributed by atoms with E-state index in [2.05, 4.69) is 0 Å². The highest BCUT2D eigenvalue weighted by Gasteiger charge is 2.26. The zero-order valence-corrected chi connectivity index (χ0v) is 13.9. The van der Waals surface area contributed by atoms with Crippen LogP contribution in [0.25, 0.3) is 11.1 Å². The molecule has 126 valence electrons. The largest absolute Gasteiger partial charge is 0.465 e. The quantitative estimate of drug-likeness (QED) is 0.835. The molecule has 0 saturated carbocycles. The Morgan fingerprint density at radius 2 is 1.88 bits per heavy atom. The van der Waals surface area contributed by atoms with Gasteiger partial charge in [-0.3, -0.25) is 9.69 Å². The molecule has 1 amide bonds. The third-order valence-electron chi connectivity index (χ3n) is 3.69. The van der Waals surface area contributed by atoms with E-state index in [0.29, 0.717) is 22.3 Å². The number of carbonyl (C=O) groups excluding carboxylic acids is 1. The molecule has 0 atom stereocenters. The van der Waals surface area contributed by atoms with Crippen molar-refractivity contribution in [2.24, 2.45) is 0 Å². The number of halogens is 1. The number of carbonyl (C=O) groups is 2. The highest BCUT2D eigenvalue weighted by molar-refractivity contribution is 5.79. The number of hydrogen-bond donors (Lipinski definition) is 1. The van der Waals surface area contributed by atoms with Gasteiger partial charge < -0.3 is 5.11 Å². The summed E-state index contributed by atoms with van der Waals surface area (Å²) in [7, 11) is 0. The van der Waals surface area contributed by atoms with Crippen LogP contribution in [0, 0.1) is 5.82 Å². The van der Waals surface area contributed by atoms with Crippen molar-refractivity contribution >= 4 is 12.4 Å². The predicted molar refractivity (Wildman–Crippen MR) is 90.5 cm³/mol. The first-order valence-electron chi connectivity index (χ1n) is 7.56. The maximum atomic E-state index is 14.0. The first kappa shape index (κ1) is 17.7. The van der Waals surface area contributed by atoms with Crippen LogP contribution in [0.1, 0.15) is 36.7 Å². The van der Waals surface area contributed by atoms with Gasteiger partial charge in [0.1, 0.15) is 12.1 Å². The third kappa shape index (κ3) is 4.19. The molecule has 0 saturated heterocycles. The first-order valence-corrected chi connectivity index (χ1v) is 7.56. The number of amides is 1. The summed E-state index contributed by atoms with van der Waals surface area (Å²) in [6.45, 7) is 5.44. The van der Waals surface area contributed by atoms with Crippen molar-refractivity contribution in [3.63, 3.8) is 0 Å². The van der Waals surface area contributed by atoms with Crippen LogP contribution in [-0.2, 0) is 6.54 Å². The van der Waals surface area contributed by atoms with Crippen LogP contribution in [-0.4, -0.2) is 27.9 Å². The fraction of sp³-hybridized carbons (Fsp3) is 0.263. The Bertz CT molecular complexity index is 765. The number of rotatable bonds is 4. The molecule has 0 aliphatic heterocycles.